The van der Waals surface area contributed by atoms with Gasteiger partial charge < -0.3 is 24.0 Å². The van der Waals surface area contributed by atoms with Crippen LogP contribution in [-0.4, -0.2) is 50.4 Å². The van der Waals surface area contributed by atoms with E-state index >= 15 is 0 Å². The number of rotatable bonds is 0. The normalized spacial score (nSPS) is 3.43. The molecule has 7 heavy (non-hydrogen) atoms. The van der Waals surface area contributed by atoms with Crippen LogP contribution in [0, 0.1) is 0 Å². The summed E-state index contributed by atoms with van der Waals surface area (Å²) in [6, 6.07) is 0. The molecule has 0 spiro atoms. The Balaban J connectivity index is -0.00000000450. The first-order valence-corrected chi connectivity index (χ1v) is 0.651. The summed E-state index contributed by atoms with van der Waals surface area (Å²) in [5.74, 6) is 0. The minimum atomic E-state index is -1.83. The van der Waals surface area contributed by atoms with Crippen LogP contribution >= 0.6 is 0 Å². The molecule has 0 aromatic rings. The summed E-state index contributed by atoms with van der Waals surface area (Å²) in [5.41, 5.74) is 0. The van der Waals surface area contributed by atoms with E-state index in [1.165, 1.54) is 0 Å². The number of hydrogen-bond donors (Lipinski definition) is 2. The maximum Gasteiger partial charge on any atom is 2.00 e. The molecule has 0 aliphatic rings. The van der Waals surface area contributed by atoms with Gasteiger partial charge in [-0.2, -0.15) is 0 Å². The molecule has 0 aromatic heterocycles. The van der Waals surface area contributed by atoms with Crippen molar-refractivity contribution in [1.29, 1.82) is 0 Å². The average molecular weight is 124 g/mol. The fourth-order valence-corrected chi connectivity index (χ4v) is 0. The molecule has 6 heteroatoms. The Bertz CT molecular complexity index is 37.9. The summed E-state index contributed by atoms with van der Waals surface area (Å²) in [6.07, 6.45) is -1.83. The predicted octanol–water partition coefficient (Wildman–Crippen LogP) is -1.58. The maximum atomic E-state index is 8.56. The number of carbonyl (C=O) groups is 1. The molecule has 0 saturated carbocycles. The van der Waals surface area contributed by atoms with Gasteiger partial charge in [-0.25, -0.2) is 4.79 Å². The van der Waals surface area contributed by atoms with E-state index in [9.17, 15) is 0 Å². The molecule has 0 aromatic carbocycles. The molecule has 0 fully saturated rings. The Morgan fingerprint density at radius 3 is 1.29 bits per heavy atom. The Morgan fingerprint density at radius 2 is 1.29 bits per heavy atom. The second kappa shape index (κ2) is 16.7. The molecule has 5 nitrogen and oxygen atoms in total. The third kappa shape index (κ3) is 48700. The Labute approximate surface area is 58.7 Å². The predicted molar refractivity (Wildman–Crippen MR) is 25.9 cm³/mol. The molecule has 0 unspecified atom stereocenters. The fourth-order valence-electron chi connectivity index (χ4n) is 0. The SMILES string of the molecule is O.O.O=C(O)O.[H-].[H-].[Mg+2]. The van der Waals surface area contributed by atoms with E-state index in [1.807, 2.05) is 0 Å². The van der Waals surface area contributed by atoms with Crippen LogP contribution in [0.2, 0.25) is 0 Å². The first-order valence-electron chi connectivity index (χ1n) is 0.651. The molecule has 0 aliphatic carbocycles. The molecule has 0 radical (unpaired) electrons. The van der Waals surface area contributed by atoms with Crippen LogP contribution in [0.3, 0.4) is 0 Å². The summed E-state index contributed by atoms with van der Waals surface area (Å²) in [4.78, 5) is 8.56. The Morgan fingerprint density at radius 1 is 1.29 bits per heavy atom. The number of carboxylic acid groups (broad SMARTS) is 2. The third-order valence-corrected chi connectivity index (χ3v) is 0. The first-order chi connectivity index (χ1) is 1.73. The molecular weight excluding hydrogens is 116 g/mol. The second-order valence-corrected chi connectivity index (χ2v) is 0.283. The van der Waals surface area contributed by atoms with Crippen molar-refractivity contribution in [3.63, 3.8) is 0 Å². The topological polar surface area (TPSA) is 121 Å². The van der Waals surface area contributed by atoms with E-state index in [1.54, 1.807) is 0 Å². The van der Waals surface area contributed by atoms with Crippen LogP contribution in [0.15, 0.2) is 0 Å². The van der Waals surface area contributed by atoms with Gasteiger partial charge >= 0.3 is 29.2 Å². The molecule has 0 aliphatic heterocycles. The van der Waals surface area contributed by atoms with Gasteiger partial charge in [0.15, 0.2) is 0 Å². The van der Waals surface area contributed by atoms with E-state index in [-0.39, 0.29) is 36.9 Å². The van der Waals surface area contributed by atoms with Crippen LogP contribution in [0.1, 0.15) is 2.85 Å². The zero-order chi connectivity index (χ0) is 3.58. The average Bonchev–Trinajstić information content (AvgIpc) is 0.811. The molecule has 0 saturated heterocycles. The van der Waals surface area contributed by atoms with E-state index in [0.717, 1.165) is 0 Å². The monoisotopic (exact) mass is 124 g/mol. The van der Waals surface area contributed by atoms with Gasteiger partial charge in [-0.05, 0) is 0 Å². The third-order valence-electron chi connectivity index (χ3n) is 0. The van der Waals surface area contributed by atoms with Crippen molar-refractivity contribution in [3.05, 3.63) is 0 Å². The number of hydrogen-bond acceptors (Lipinski definition) is 1. The molecule has 0 bridgehead atoms. The summed E-state index contributed by atoms with van der Waals surface area (Å²) in [5, 5.41) is 13.9. The summed E-state index contributed by atoms with van der Waals surface area (Å²) < 4.78 is 0. The smallest absolute Gasteiger partial charge is 1.00 e. The van der Waals surface area contributed by atoms with Crippen molar-refractivity contribution in [3.8, 4) is 0 Å². The minimum Gasteiger partial charge on any atom is -1.00 e. The summed E-state index contributed by atoms with van der Waals surface area (Å²) in [7, 11) is 0. The first kappa shape index (κ1) is 28.2. The molecule has 6 N–H and O–H groups in total. The van der Waals surface area contributed by atoms with Gasteiger partial charge in [-0.3, -0.25) is 0 Å². The van der Waals surface area contributed by atoms with Gasteiger partial charge in [-0.15, -0.1) is 0 Å². The van der Waals surface area contributed by atoms with Gasteiger partial charge in [-0.1, -0.05) is 0 Å². The van der Waals surface area contributed by atoms with Crippen molar-refractivity contribution in [2.24, 2.45) is 0 Å². The Hall–Kier alpha value is -0.0438. The molecule has 0 heterocycles. The van der Waals surface area contributed by atoms with Crippen LogP contribution < -0.4 is 0 Å². The van der Waals surface area contributed by atoms with E-state index < -0.39 is 6.16 Å². The summed E-state index contributed by atoms with van der Waals surface area (Å²) >= 11 is 0. The minimum absolute atomic E-state index is 0. The van der Waals surface area contributed by atoms with E-state index in [4.69, 9.17) is 15.0 Å². The standard InChI is InChI=1S/CH2O3.Mg.2H2O.2H/c2-1(3)4;;;;;/h(H2,2,3,4);;2*1H2;;/q;+2;;;2*-1. The van der Waals surface area contributed by atoms with Crippen molar-refractivity contribution in [2.45, 2.75) is 0 Å². The zero-order valence-electron chi connectivity index (χ0n) is 5.51. The molecule has 0 atom stereocenters. The van der Waals surface area contributed by atoms with Crippen molar-refractivity contribution in [2.75, 3.05) is 0 Å². The van der Waals surface area contributed by atoms with Gasteiger partial charge in [0.2, 0.25) is 0 Å². The quantitative estimate of drug-likeness (QED) is 0.379. The van der Waals surface area contributed by atoms with Crippen molar-refractivity contribution in [1.82, 2.24) is 0 Å². The van der Waals surface area contributed by atoms with E-state index in [0.29, 0.717) is 0 Å². The van der Waals surface area contributed by atoms with Gasteiger partial charge in [0.05, 0.1) is 0 Å². The maximum absolute atomic E-state index is 8.56. The molecule has 0 amide bonds. The van der Waals surface area contributed by atoms with Crippen LogP contribution in [0.4, 0.5) is 4.79 Å². The zero-order valence-corrected chi connectivity index (χ0v) is 4.92. The molecule has 44 valence electrons. The second-order valence-electron chi connectivity index (χ2n) is 0.283. The van der Waals surface area contributed by atoms with Crippen LogP contribution in [-0.2, 0) is 0 Å². The van der Waals surface area contributed by atoms with Crippen LogP contribution in [0.5, 0.6) is 0 Å². The van der Waals surface area contributed by atoms with Gasteiger partial charge in [0.1, 0.15) is 0 Å². The fraction of sp³-hybridized carbons (Fsp3) is 0. The Kier molecular flexibility index (Phi) is 67.5. The largest absolute Gasteiger partial charge is 2.00 e. The molecule has 0 rings (SSSR count). The molecular formula is CH8MgO5. The van der Waals surface area contributed by atoms with E-state index in [2.05, 4.69) is 0 Å². The summed E-state index contributed by atoms with van der Waals surface area (Å²) in [6.45, 7) is 0. The van der Waals surface area contributed by atoms with Crippen molar-refractivity contribution >= 4 is 29.2 Å². The van der Waals surface area contributed by atoms with Crippen LogP contribution in [0.25, 0.3) is 0 Å². The van der Waals surface area contributed by atoms with Gasteiger partial charge in [0, 0.05) is 0 Å². The van der Waals surface area contributed by atoms with Crippen molar-refractivity contribution < 1.29 is 28.8 Å². The van der Waals surface area contributed by atoms with Gasteiger partial charge in [0.25, 0.3) is 0 Å².